The Kier molecular flexibility index (Phi) is 4.65. The summed E-state index contributed by atoms with van der Waals surface area (Å²) in [6.45, 7) is 5.27. The van der Waals surface area contributed by atoms with Gasteiger partial charge in [-0.1, -0.05) is 0 Å². The lowest BCUT2D eigenvalue weighted by Crippen LogP contribution is -2.14. The lowest BCUT2D eigenvalue weighted by atomic mass is 10.1. The SMILES string of the molecule is CC(=O)C1CSC(c2nc3ccc(Oc4cc(C)c(O)c(C)c4)cc3s2)=N1. The van der Waals surface area contributed by atoms with E-state index in [2.05, 4.69) is 9.98 Å². The first-order valence-corrected chi connectivity index (χ1v) is 10.3. The molecule has 2 aromatic carbocycles. The van der Waals surface area contributed by atoms with Crippen LogP contribution in [0.25, 0.3) is 10.2 Å². The minimum Gasteiger partial charge on any atom is -0.507 e. The van der Waals surface area contributed by atoms with Gasteiger partial charge in [0.1, 0.15) is 33.3 Å². The maximum absolute atomic E-state index is 11.5. The molecule has 0 radical (unpaired) electrons. The summed E-state index contributed by atoms with van der Waals surface area (Å²) >= 11 is 3.13. The molecule has 0 fully saturated rings. The number of ketones is 1. The molecular weight excluding hydrogens is 380 g/mol. The number of Topliss-reactive ketones (excluding diaryl/α,β-unsaturated/α-hetero) is 1. The first-order valence-electron chi connectivity index (χ1n) is 8.51. The molecule has 0 spiro atoms. The molecule has 0 saturated carbocycles. The van der Waals surface area contributed by atoms with Crippen molar-refractivity contribution in [2.75, 3.05) is 5.75 Å². The highest BCUT2D eigenvalue weighted by Crippen LogP contribution is 2.34. The highest BCUT2D eigenvalue weighted by molar-refractivity contribution is 8.15. The molecule has 3 aromatic rings. The molecule has 0 saturated heterocycles. The minimum absolute atomic E-state index is 0.0915. The third-order valence-corrected chi connectivity index (χ3v) is 6.57. The van der Waals surface area contributed by atoms with E-state index in [1.165, 1.54) is 0 Å². The Bertz CT molecular complexity index is 1070. The van der Waals surface area contributed by atoms with Gasteiger partial charge in [-0.25, -0.2) is 4.98 Å². The summed E-state index contributed by atoms with van der Waals surface area (Å²) in [5, 5.41) is 11.6. The number of aromatic hydroxyl groups is 1. The first-order chi connectivity index (χ1) is 12.9. The molecule has 1 N–H and O–H groups in total. The average molecular weight is 399 g/mol. The molecule has 1 aliphatic heterocycles. The Morgan fingerprint density at radius 2 is 1.93 bits per heavy atom. The number of aryl methyl sites for hydroxylation is 2. The number of thiazole rings is 1. The minimum atomic E-state index is -0.253. The molecule has 138 valence electrons. The van der Waals surface area contributed by atoms with Crippen molar-refractivity contribution in [3.63, 3.8) is 0 Å². The summed E-state index contributed by atoms with van der Waals surface area (Å²) in [7, 11) is 0. The zero-order valence-electron chi connectivity index (χ0n) is 15.1. The van der Waals surface area contributed by atoms with Crippen LogP contribution in [0.15, 0.2) is 35.3 Å². The van der Waals surface area contributed by atoms with E-state index in [-0.39, 0.29) is 11.8 Å². The second kappa shape index (κ2) is 6.98. The third-order valence-electron chi connectivity index (χ3n) is 4.36. The molecule has 5 nitrogen and oxygen atoms in total. The average Bonchev–Trinajstić information content (AvgIpc) is 3.26. The largest absolute Gasteiger partial charge is 0.507 e. The smallest absolute Gasteiger partial charge is 0.155 e. The van der Waals surface area contributed by atoms with Crippen LogP contribution in [0.1, 0.15) is 23.1 Å². The summed E-state index contributed by atoms with van der Waals surface area (Å²) in [5.74, 6) is 2.48. The molecule has 0 bridgehead atoms. The molecule has 0 amide bonds. The number of hydrogen-bond acceptors (Lipinski definition) is 7. The zero-order chi connectivity index (χ0) is 19.1. The van der Waals surface area contributed by atoms with Crippen LogP contribution in [0.2, 0.25) is 0 Å². The van der Waals surface area contributed by atoms with Crippen molar-refractivity contribution >= 4 is 44.1 Å². The van der Waals surface area contributed by atoms with Crippen LogP contribution in [0.4, 0.5) is 0 Å². The van der Waals surface area contributed by atoms with Gasteiger partial charge in [0.05, 0.1) is 10.2 Å². The number of hydrogen-bond donors (Lipinski definition) is 1. The van der Waals surface area contributed by atoms with E-state index in [9.17, 15) is 9.90 Å². The maximum Gasteiger partial charge on any atom is 0.155 e. The molecule has 0 aliphatic carbocycles. The van der Waals surface area contributed by atoms with Gasteiger partial charge in [0.2, 0.25) is 0 Å². The third kappa shape index (κ3) is 3.57. The Labute approximate surface area is 165 Å². The number of rotatable bonds is 4. The second-order valence-corrected chi connectivity index (χ2v) is 8.57. The monoisotopic (exact) mass is 398 g/mol. The molecule has 1 aliphatic rings. The summed E-state index contributed by atoms with van der Waals surface area (Å²) < 4.78 is 6.98. The van der Waals surface area contributed by atoms with Gasteiger partial charge < -0.3 is 9.84 Å². The molecule has 27 heavy (non-hydrogen) atoms. The Morgan fingerprint density at radius 3 is 2.59 bits per heavy atom. The number of carbonyl (C=O) groups excluding carboxylic acids is 1. The van der Waals surface area contributed by atoms with Gasteiger partial charge in [0.25, 0.3) is 0 Å². The van der Waals surface area contributed by atoms with Gasteiger partial charge >= 0.3 is 0 Å². The number of fused-ring (bicyclic) bond motifs is 1. The maximum atomic E-state index is 11.5. The van der Waals surface area contributed by atoms with E-state index in [1.54, 1.807) is 30.0 Å². The van der Waals surface area contributed by atoms with E-state index in [0.717, 1.165) is 31.4 Å². The normalized spacial score (nSPS) is 16.6. The van der Waals surface area contributed by atoms with Gasteiger partial charge in [-0.3, -0.25) is 9.79 Å². The highest BCUT2D eigenvalue weighted by atomic mass is 32.2. The van der Waals surface area contributed by atoms with Gasteiger partial charge in [0.15, 0.2) is 5.78 Å². The van der Waals surface area contributed by atoms with E-state index in [4.69, 9.17) is 4.74 Å². The van der Waals surface area contributed by atoms with E-state index in [0.29, 0.717) is 23.0 Å². The molecule has 1 aromatic heterocycles. The number of aliphatic imine (C=N–C) groups is 1. The highest BCUT2D eigenvalue weighted by Gasteiger charge is 2.24. The van der Waals surface area contributed by atoms with Gasteiger partial charge in [-0.05, 0) is 56.2 Å². The molecule has 2 heterocycles. The van der Waals surface area contributed by atoms with Crippen LogP contribution in [-0.4, -0.2) is 32.7 Å². The van der Waals surface area contributed by atoms with E-state index < -0.39 is 0 Å². The van der Waals surface area contributed by atoms with Gasteiger partial charge in [0, 0.05) is 11.8 Å². The van der Waals surface area contributed by atoms with Crippen LogP contribution in [0.3, 0.4) is 0 Å². The van der Waals surface area contributed by atoms with Crippen LogP contribution in [0.5, 0.6) is 17.2 Å². The van der Waals surface area contributed by atoms with Crippen molar-refractivity contribution in [3.05, 3.63) is 46.5 Å². The standard InChI is InChI=1S/C20H18N2O3S2/c1-10-6-14(7-11(2)18(10)24)25-13-4-5-15-17(8-13)27-20(21-15)19-22-16(9-26-19)12(3)23/h4-8,16,24H,9H2,1-3H3. The molecule has 4 rings (SSSR count). The predicted octanol–water partition coefficient (Wildman–Crippen LogP) is 4.86. The zero-order valence-corrected chi connectivity index (χ0v) is 16.8. The van der Waals surface area contributed by atoms with Crippen LogP contribution in [-0.2, 0) is 4.79 Å². The fraction of sp³-hybridized carbons (Fsp3) is 0.250. The van der Waals surface area contributed by atoms with E-state index >= 15 is 0 Å². The number of phenolic OH excluding ortho intramolecular Hbond substituents is 1. The second-order valence-electron chi connectivity index (χ2n) is 6.53. The lowest BCUT2D eigenvalue weighted by molar-refractivity contribution is -0.117. The number of carbonyl (C=O) groups is 1. The van der Waals surface area contributed by atoms with Crippen molar-refractivity contribution in [2.24, 2.45) is 4.99 Å². The fourth-order valence-corrected chi connectivity index (χ4v) is 5.05. The van der Waals surface area contributed by atoms with Crippen molar-refractivity contribution in [3.8, 4) is 17.2 Å². The quantitative estimate of drug-likeness (QED) is 0.679. The summed E-state index contributed by atoms with van der Waals surface area (Å²) in [5.41, 5.74) is 2.44. The Morgan fingerprint density at radius 1 is 1.19 bits per heavy atom. The molecule has 1 atom stereocenters. The summed E-state index contributed by atoms with van der Waals surface area (Å²) in [4.78, 5) is 20.6. The summed E-state index contributed by atoms with van der Waals surface area (Å²) in [6, 6.07) is 9.14. The number of ether oxygens (including phenoxy) is 1. The van der Waals surface area contributed by atoms with E-state index in [1.807, 2.05) is 44.2 Å². The van der Waals surface area contributed by atoms with Gasteiger partial charge in [-0.2, -0.15) is 0 Å². The molecule has 7 heteroatoms. The number of aromatic nitrogens is 1. The van der Waals surface area contributed by atoms with Gasteiger partial charge in [-0.15, -0.1) is 23.1 Å². The van der Waals surface area contributed by atoms with Crippen molar-refractivity contribution < 1.29 is 14.6 Å². The number of thioether (sulfide) groups is 1. The van der Waals surface area contributed by atoms with Crippen molar-refractivity contribution in [1.29, 1.82) is 0 Å². The number of phenols is 1. The first kappa shape index (κ1) is 18.0. The Hall–Kier alpha value is -2.38. The topological polar surface area (TPSA) is 71.8 Å². The van der Waals surface area contributed by atoms with Crippen molar-refractivity contribution in [2.45, 2.75) is 26.8 Å². The van der Waals surface area contributed by atoms with Crippen molar-refractivity contribution in [1.82, 2.24) is 4.98 Å². The number of benzene rings is 2. The van der Waals surface area contributed by atoms with Crippen LogP contribution in [0, 0.1) is 13.8 Å². The number of nitrogens with zero attached hydrogens (tertiary/aromatic N) is 2. The van der Waals surface area contributed by atoms with Crippen LogP contribution < -0.4 is 4.74 Å². The van der Waals surface area contributed by atoms with Crippen LogP contribution >= 0.6 is 23.1 Å². The molecular formula is C20H18N2O3S2. The molecule has 1 unspecified atom stereocenters. The summed E-state index contributed by atoms with van der Waals surface area (Å²) in [6.07, 6.45) is 0. The lowest BCUT2D eigenvalue weighted by Gasteiger charge is -2.09. The fourth-order valence-electron chi connectivity index (χ4n) is 2.87. The predicted molar refractivity (Wildman–Crippen MR) is 111 cm³/mol. The Balaban J connectivity index is 1.62.